The standard InChI is InChI=1S/C12H20N4O/c1-8(2)11-14-9(13)6-10(15-11)16-12(3)4-5-17-7-12/h6,8H,4-5,7H2,1-3H3,(H3,13,14,15,16). The molecule has 1 saturated heterocycles. The minimum absolute atomic E-state index is 0.0466. The Morgan fingerprint density at radius 2 is 2.24 bits per heavy atom. The van der Waals surface area contributed by atoms with Gasteiger partial charge in [-0.3, -0.25) is 0 Å². The maximum absolute atomic E-state index is 5.79. The molecule has 0 aliphatic carbocycles. The van der Waals surface area contributed by atoms with Crippen LogP contribution in [0.2, 0.25) is 0 Å². The zero-order chi connectivity index (χ0) is 12.5. The number of nitrogens with one attached hydrogen (secondary N) is 1. The first-order valence-corrected chi connectivity index (χ1v) is 5.99. The highest BCUT2D eigenvalue weighted by atomic mass is 16.5. The molecule has 2 rings (SSSR count). The number of hydrogen-bond donors (Lipinski definition) is 2. The van der Waals surface area contributed by atoms with Gasteiger partial charge in [0.25, 0.3) is 0 Å². The number of anilines is 2. The number of aromatic nitrogens is 2. The maximum atomic E-state index is 5.79. The fourth-order valence-corrected chi connectivity index (χ4v) is 1.88. The van der Waals surface area contributed by atoms with Crippen molar-refractivity contribution in [2.45, 2.75) is 38.6 Å². The summed E-state index contributed by atoms with van der Waals surface area (Å²) in [5.41, 5.74) is 5.75. The lowest BCUT2D eigenvalue weighted by molar-refractivity contribution is 0.185. The van der Waals surface area contributed by atoms with Crippen molar-refractivity contribution in [2.75, 3.05) is 24.3 Å². The number of nitrogen functional groups attached to an aromatic ring is 1. The summed E-state index contributed by atoms with van der Waals surface area (Å²) in [6, 6.07) is 1.77. The van der Waals surface area contributed by atoms with Crippen LogP contribution in [0.25, 0.3) is 0 Å². The lowest BCUT2D eigenvalue weighted by atomic mass is 10.0. The molecule has 1 aliphatic rings. The van der Waals surface area contributed by atoms with Gasteiger partial charge in [0.1, 0.15) is 17.5 Å². The van der Waals surface area contributed by atoms with Gasteiger partial charge >= 0.3 is 0 Å². The Labute approximate surface area is 102 Å². The van der Waals surface area contributed by atoms with E-state index in [2.05, 4.69) is 36.1 Å². The van der Waals surface area contributed by atoms with Gasteiger partial charge in [0.2, 0.25) is 0 Å². The van der Waals surface area contributed by atoms with Crippen LogP contribution in [0.15, 0.2) is 6.07 Å². The van der Waals surface area contributed by atoms with Crippen LogP contribution in [0.4, 0.5) is 11.6 Å². The third-order valence-corrected chi connectivity index (χ3v) is 2.93. The molecule has 2 heterocycles. The minimum Gasteiger partial charge on any atom is -0.384 e. The van der Waals surface area contributed by atoms with E-state index in [0.29, 0.717) is 12.4 Å². The summed E-state index contributed by atoms with van der Waals surface area (Å²) >= 11 is 0. The van der Waals surface area contributed by atoms with Crippen LogP contribution in [0.3, 0.4) is 0 Å². The Morgan fingerprint density at radius 1 is 1.47 bits per heavy atom. The highest BCUT2D eigenvalue weighted by molar-refractivity contribution is 5.46. The van der Waals surface area contributed by atoms with Gasteiger partial charge in [-0.15, -0.1) is 0 Å². The van der Waals surface area contributed by atoms with Crippen LogP contribution >= 0.6 is 0 Å². The SMILES string of the molecule is CC(C)c1nc(N)cc(NC2(C)CCOC2)n1. The normalized spacial score (nSPS) is 24.2. The number of rotatable bonds is 3. The monoisotopic (exact) mass is 236 g/mol. The smallest absolute Gasteiger partial charge is 0.135 e. The predicted molar refractivity (Wildman–Crippen MR) is 68.0 cm³/mol. The van der Waals surface area contributed by atoms with Crippen molar-refractivity contribution < 1.29 is 4.74 Å². The molecule has 5 heteroatoms. The number of hydrogen-bond acceptors (Lipinski definition) is 5. The summed E-state index contributed by atoms with van der Waals surface area (Å²) in [5.74, 6) is 2.34. The van der Waals surface area contributed by atoms with Gasteiger partial charge < -0.3 is 15.8 Å². The molecule has 0 saturated carbocycles. The summed E-state index contributed by atoms with van der Waals surface area (Å²) in [4.78, 5) is 8.71. The lowest BCUT2D eigenvalue weighted by Gasteiger charge is -2.24. The van der Waals surface area contributed by atoms with Gasteiger partial charge in [-0.05, 0) is 13.3 Å². The van der Waals surface area contributed by atoms with Gasteiger partial charge in [-0.2, -0.15) is 0 Å². The molecule has 94 valence electrons. The van der Waals surface area contributed by atoms with E-state index in [1.165, 1.54) is 0 Å². The second-order valence-electron chi connectivity index (χ2n) is 5.18. The number of ether oxygens (including phenoxy) is 1. The Kier molecular flexibility index (Phi) is 3.19. The molecule has 0 spiro atoms. The highest BCUT2D eigenvalue weighted by Gasteiger charge is 2.30. The number of nitrogens with zero attached hydrogens (tertiary/aromatic N) is 2. The van der Waals surface area contributed by atoms with Crippen LogP contribution in [0, 0.1) is 0 Å². The zero-order valence-electron chi connectivity index (χ0n) is 10.7. The van der Waals surface area contributed by atoms with E-state index >= 15 is 0 Å². The second-order valence-corrected chi connectivity index (χ2v) is 5.18. The van der Waals surface area contributed by atoms with Crippen molar-refractivity contribution in [3.8, 4) is 0 Å². The summed E-state index contributed by atoms with van der Waals surface area (Å²) < 4.78 is 5.40. The van der Waals surface area contributed by atoms with Crippen LogP contribution < -0.4 is 11.1 Å². The van der Waals surface area contributed by atoms with E-state index in [0.717, 1.165) is 24.7 Å². The summed E-state index contributed by atoms with van der Waals surface area (Å²) in [6.07, 6.45) is 0.980. The molecule has 1 atom stereocenters. The second kappa shape index (κ2) is 4.49. The minimum atomic E-state index is -0.0466. The van der Waals surface area contributed by atoms with Gasteiger partial charge in [0.15, 0.2) is 0 Å². The lowest BCUT2D eigenvalue weighted by Crippen LogP contribution is -2.35. The van der Waals surface area contributed by atoms with Crippen LogP contribution in [0.1, 0.15) is 38.9 Å². The van der Waals surface area contributed by atoms with Crippen molar-refractivity contribution in [1.82, 2.24) is 9.97 Å². The molecule has 0 amide bonds. The van der Waals surface area contributed by atoms with E-state index < -0.39 is 0 Å². The van der Waals surface area contributed by atoms with Crippen LogP contribution in [-0.4, -0.2) is 28.7 Å². The number of nitrogens with two attached hydrogens (primary N) is 1. The Morgan fingerprint density at radius 3 is 2.82 bits per heavy atom. The van der Waals surface area contributed by atoms with Crippen molar-refractivity contribution in [3.63, 3.8) is 0 Å². The molecule has 0 aromatic carbocycles. The van der Waals surface area contributed by atoms with Gasteiger partial charge in [-0.1, -0.05) is 13.8 Å². The molecule has 1 aromatic heterocycles. The molecule has 17 heavy (non-hydrogen) atoms. The Hall–Kier alpha value is -1.36. The van der Waals surface area contributed by atoms with Gasteiger partial charge in [0.05, 0.1) is 12.1 Å². The van der Waals surface area contributed by atoms with Gasteiger partial charge in [0, 0.05) is 18.6 Å². The van der Waals surface area contributed by atoms with Crippen molar-refractivity contribution >= 4 is 11.6 Å². The first-order chi connectivity index (χ1) is 7.98. The van der Waals surface area contributed by atoms with E-state index in [1.54, 1.807) is 6.07 Å². The average molecular weight is 236 g/mol. The molecule has 0 bridgehead atoms. The van der Waals surface area contributed by atoms with E-state index in [4.69, 9.17) is 10.5 Å². The third kappa shape index (κ3) is 2.85. The Balaban J connectivity index is 2.20. The first-order valence-electron chi connectivity index (χ1n) is 5.99. The van der Waals surface area contributed by atoms with Crippen molar-refractivity contribution in [2.24, 2.45) is 0 Å². The molecular weight excluding hydrogens is 216 g/mol. The Bertz CT molecular complexity index is 399. The van der Waals surface area contributed by atoms with Crippen LogP contribution in [-0.2, 0) is 4.74 Å². The fraction of sp³-hybridized carbons (Fsp3) is 0.667. The van der Waals surface area contributed by atoms with E-state index in [-0.39, 0.29) is 11.5 Å². The van der Waals surface area contributed by atoms with Crippen LogP contribution in [0.5, 0.6) is 0 Å². The van der Waals surface area contributed by atoms with Crippen molar-refractivity contribution in [1.29, 1.82) is 0 Å². The molecule has 1 unspecified atom stereocenters. The molecule has 1 aliphatic heterocycles. The fourth-order valence-electron chi connectivity index (χ4n) is 1.88. The van der Waals surface area contributed by atoms with Crippen molar-refractivity contribution in [3.05, 3.63) is 11.9 Å². The third-order valence-electron chi connectivity index (χ3n) is 2.93. The first kappa shape index (κ1) is 12.1. The summed E-state index contributed by atoms with van der Waals surface area (Å²) in [5, 5.41) is 3.40. The topological polar surface area (TPSA) is 73.1 Å². The quantitative estimate of drug-likeness (QED) is 0.836. The largest absolute Gasteiger partial charge is 0.384 e. The molecule has 0 radical (unpaired) electrons. The van der Waals surface area contributed by atoms with E-state index in [9.17, 15) is 0 Å². The average Bonchev–Trinajstić information content (AvgIpc) is 2.63. The maximum Gasteiger partial charge on any atom is 0.135 e. The zero-order valence-corrected chi connectivity index (χ0v) is 10.7. The molecule has 1 fully saturated rings. The molecule has 5 nitrogen and oxygen atoms in total. The molecular formula is C12H20N4O. The summed E-state index contributed by atoms with van der Waals surface area (Å²) in [7, 11) is 0. The molecule has 1 aromatic rings. The summed E-state index contributed by atoms with van der Waals surface area (Å²) in [6.45, 7) is 7.74. The predicted octanol–water partition coefficient (Wildman–Crippen LogP) is 1.77. The van der Waals surface area contributed by atoms with Gasteiger partial charge in [-0.25, -0.2) is 9.97 Å². The van der Waals surface area contributed by atoms with E-state index in [1.807, 2.05) is 0 Å². The highest BCUT2D eigenvalue weighted by Crippen LogP contribution is 2.24. The molecule has 3 N–H and O–H groups in total.